The fourth-order valence-electron chi connectivity index (χ4n) is 1.23. The highest BCUT2D eigenvalue weighted by molar-refractivity contribution is 6.00. The summed E-state index contributed by atoms with van der Waals surface area (Å²) in [4.78, 5) is 11.0. The number of carbonyl (C=O) groups excluding carboxylic acids is 1. The van der Waals surface area contributed by atoms with E-state index in [4.69, 9.17) is 0 Å². The summed E-state index contributed by atoms with van der Waals surface area (Å²) in [6.45, 7) is 2.22. The van der Waals surface area contributed by atoms with Gasteiger partial charge in [-0.3, -0.25) is 9.48 Å². The van der Waals surface area contributed by atoms with Crippen LogP contribution in [0.4, 0.5) is 11.5 Å². The van der Waals surface area contributed by atoms with Crippen molar-refractivity contribution in [3.05, 3.63) is 5.69 Å². The Bertz CT molecular complexity index is 341. The van der Waals surface area contributed by atoms with Gasteiger partial charge in [-0.1, -0.05) is 0 Å². The highest BCUT2D eigenvalue weighted by Gasteiger charge is 2.19. The lowest BCUT2D eigenvalue weighted by Gasteiger charge is -2.13. The molecule has 0 spiro atoms. The fraction of sp³-hybridized carbons (Fsp3) is 0.429. The molecule has 0 radical (unpaired) electrons. The number of nitrogens with one attached hydrogen (secondary N) is 2. The number of hydrogen-bond donors (Lipinski definition) is 2. The van der Waals surface area contributed by atoms with E-state index in [1.165, 1.54) is 0 Å². The Hall–Kier alpha value is -1.52. The quantitative estimate of drug-likeness (QED) is 0.574. The van der Waals surface area contributed by atoms with Gasteiger partial charge >= 0.3 is 0 Å². The van der Waals surface area contributed by atoms with Crippen LogP contribution in [0.3, 0.4) is 0 Å². The molecule has 1 aliphatic heterocycles. The van der Waals surface area contributed by atoms with E-state index in [0.29, 0.717) is 6.54 Å². The zero-order valence-electron chi connectivity index (χ0n) is 7.01. The largest absolute Gasteiger partial charge is 0.358 e. The smallest absolute Gasteiger partial charge is 0.243 e. The number of amides is 1. The third-order valence-electron chi connectivity index (χ3n) is 2.01. The molecule has 0 fully saturated rings. The van der Waals surface area contributed by atoms with Gasteiger partial charge in [-0.2, -0.15) is 5.10 Å². The van der Waals surface area contributed by atoms with Gasteiger partial charge in [0.1, 0.15) is 5.69 Å². The van der Waals surface area contributed by atoms with Crippen molar-refractivity contribution in [3.8, 4) is 0 Å². The van der Waals surface area contributed by atoms with Crippen molar-refractivity contribution in [1.29, 1.82) is 0 Å². The zero-order chi connectivity index (χ0) is 8.72. The van der Waals surface area contributed by atoms with Crippen LogP contribution < -0.4 is 10.6 Å². The normalized spacial score (nSPS) is 15.0. The summed E-state index contributed by atoms with van der Waals surface area (Å²) in [6.07, 6.45) is 0. The van der Waals surface area contributed by atoms with Crippen molar-refractivity contribution in [2.24, 2.45) is 7.05 Å². The summed E-state index contributed by atoms with van der Waals surface area (Å²) in [5, 5.41) is 9.87. The third kappa shape index (κ3) is 0.861. The van der Waals surface area contributed by atoms with Crippen LogP contribution in [-0.4, -0.2) is 22.2 Å². The monoisotopic (exact) mass is 166 g/mol. The summed E-state index contributed by atoms with van der Waals surface area (Å²) in [6, 6.07) is 0. The van der Waals surface area contributed by atoms with Crippen molar-refractivity contribution in [1.82, 2.24) is 9.78 Å². The van der Waals surface area contributed by atoms with Crippen molar-refractivity contribution < 1.29 is 4.79 Å². The molecule has 0 aliphatic carbocycles. The second kappa shape index (κ2) is 2.23. The minimum atomic E-state index is -0.0152. The van der Waals surface area contributed by atoms with Gasteiger partial charge in [0.15, 0.2) is 5.82 Å². The number of anilines is 2. The van der Waals surface area contributed by atoms with Gasteiger partial charge in [-0.15, -0.1) is 0 Å². The number of aromatic nitrogens is 2. The van der Waals surface area contributed by atoms with E-state index in [0.717, 1.165) is 17.2 Å². The van der Waals surface area contributed by atoms with Crippen LogP contribution >= 0.6 is 0 Å². The molecule has 1 amide bonds. The van der Waals surface area contributed by atoms with Gasteiger partial charge < -0.3 is 10.6 Å². The molecule has 0 unspecified atom stereocenters. The van der Waals surface area contributed by atoms with E-state index in [-0.39, 0.29) is 5.91 Å². The van der Waals surface area contributed by atoms with Gasteiger partial charge in [0.05, 0.1) is 12.2 Å². The first kappa shape index (κ1) is 7.15. The Labute approximate surface area is 69.8 Å². The minimum absolute atomic E-state index is 0.0152. The van der Waals surface area contributed by atoms with E-state index in [1.54, 1.807) is 4.68 Å². The Kier molecular flexibility index (Phi) is 1.33. The highest BCUT2D eigenvalue weighted by Crippen LogP contribution is 2.26. The van der Waals surface area contributed by atoms with Gasteiger partial charge in [0.2, 0.25) is 5.91 Å². The Morgan fingerprint density at radius 1 is 1.58 bits per heavy atom. The van der Waals surface area contributed by atoms with Crippen LogP contribution in [0.2, 0.25) is 0 Å². The second-order valence-electron chi connectivity index (χ2n) is 2.83. The summed E-state index contributed by atoms with van der Waals surface area (Å²) in [7, 11) is 1.85. The number of fused-ring (bicyclic) bond motifs is 1. The van der Waals surface area contributed by atoms with E-state index >= 15 is 0 Å². The SMILES string of the molecule is Cc1c2c(nn1C)NCC(=O)N2. The molecule has 1 aromatic rings. The van der Waals surface area contributed by atoms with Gasteiger partial charge in [-0.05, 0) is 6.92 Å². The van der Waals surface area contributed by atoms with Crippen molar-refractivity contribution in [2.75, 3.05) is 17.2 Å². The molecule has 1 aromatic heterocycles. The van der Waals surface area contributed by atoms with Crippen LogP contribution in [0.1, 0.15) is 5.69 Å². The number of carbonyl (C=O) groups is 1. The number of aryl methyl sites for hydroxylation is 1. The Morgan fingerprint density at radius 2 is 2.33 bits per heavy atom. The van der Waals surface area contributed by atoms with Gasteiger partial charge in [-0.25, -0.2) is 0 Å². The van der Waals surface area contributed by atoms with Crippen molar-refractivity contribution >= 4 is 17.4 Å². The fourth-order valence-corrected chi connectivity index (χ4v) is 1.23. The maximum atomic E-state index is 11.0. The number of rotatable bonds is 0. The molecule has 1 aliphatic rings. The number of hydrogen-bond acceptors (Lipinski definition) is 3. The lowest BCUT2D eigenvalue weighted by molar-refractivity contribution is -0.114. The van der Waals surface area contributed by atoms with Crippen LogP contribution in [0.25, 0.3) is 0 Å². The van der Waals surface area contributed by atoms with E-state index < -0.39 is 0 Å². The molecule has 12 heavy (non-hydrogen) atoms. The van der Waals surface area contributed by atoms with Crippen molar-refractivity contribution in [3.63, 3.8) is 0 Å². The minimum Gasteiger partial charge on any atom is -0.358 e. The van der Waals surface area contributed by atoms with E-state index in [1.807, 2.05) is 14.0 Å². The summed E-state index contributed by atoms with van der Waals surface area (Å²) in [5.41, 5.74) is 1.76. The predicted octanol–water partition coefficient (Wildman–Crippen LogP) is 0.0925. The maximum Gasteiger partial charge on any atom is 0.243 e. The lowest BCUT2D eigenvalue weighted by Crippen LogP contribution is -2.27. The number of nitrogens with zero attached hydrogens (tertiary/aromatic N) is 2. The second-order valence-corrected chi connectivity index (χ2v) is 2.83. The first-order chi connectivity index (χ1) is 5.68. The molecular weight excluding hydrogens is 156 g/mol. The predicted molar refractivity (Wildman–Crippen MR) is 45.1 cm³/mol. The molecule has 2 N–H and O–H groups in total. The van der Waals surface area contributed by atoms with E-state index in [9.17, 15) is 4.79 Å². The van der Waals surface area contributed by atoms with Crippen LogP contribution in [0, 0.1) is 6.92 Å². The van der Waals surface area contributed by atoms with Crippen LogP contribution in [-0.2, 0) is 11.8 Å². The van der Waals surface area contributed by atoms with Crippen LogP contribution in [0.15, 0.2) is 0 Å². The summed E-state index contributed by atoms with van der Waals surface area (Å²) >= 11 is 0. The summed E-state index contributed by atoms with van der Waals surface area (Å²) in [5.74, 6) is 0.744. The first-order valence-electron chi connectivity index (χ1n) is 3.76. The molecular formula is C7H10N4O. The maximum absolute atomic E-state index is 11.0. The highest BCUT2D eigenvalue weighted by atomic mass is 16.2. The molecule has 64 valence electrons. The topological polar surface area (TPSA) is 59.0 Å². The molecule has 5 heteroatoms. The first-order valence-corrected chi connectivity index (χ1v) is 3.76. The average molecular weight is 166 g/mol. The molecule has 5 nitrogen and oxygen atoms in total. The molecule has 0 aromatic carbocycles. The Morgan fingerprint density at radius 3 is 3.08 bits per heavy atom. The van der Waals surface area contributed by atoms with E-state index in [2.05, 4.69) is 15.7 Å². The average Bonchev–Trinajstić information content (AvgIpc) is 2.31. The molecule has 0 bridgehead atoms. The standard InChI is InChI=1S/C7H10N4O/c1-4-6-7(10-11(4)2)8-3-5(12)9-6/h3H2,1-2H3,(H,8,10)(H,9,12). The zero-order valence-corrected chi connectivity index (χ0v) is 7.01. The van der Waals surface area contributed by atoms with Gasteiger partial charge in [0, 0.05) is 7.05 Å². The van der Waals surface area contributed by atoms with Crippen molar-refractivity contribution in [2.45, 2.75) is 6.92 Å². The molecule has 0 saturated carbocycles. The van der Waals surface area contributed by atoms with Crippen LogP contribution in [0.5, 0.6) is 0 Å². The Balaban J connectivity index is 2.50. The molecule has 0 saturated heterocycles. The molecule has 2 rings (SSSR count). The van der Waals surface area contributed by atoms with Gasteiger partial charge in [0.25, 0.3) is 0 Å². The lowest BCUT2D eigenvalue weighted by atomic mass is 10.3. The molecule has 0 atom stereocenters. The summed E-state index contributed by atoms with van der Waals surface area (Å²) < 4.78 is 1.74. The molecule has 2 heterocycles. The third-order valence-corrected chi connectivity index (χ3v) is 2.01.